The smallest absolute Gasteiger partial charge is 0.390 e. The Morgan fingerprint density at radius 3 is 2.52 bits per heavy atom. The summed E-state index contributed by atoms with van der Waals surface area (Å²) in [5, 5.41) is 5.64. The van der Waals surface area contributed by atoms with E-state index in [1.807, 2.05) is 24.3 Å². The zero-order valence-electron chi connectivity index (χ0n) is 13.7. The van der Waals surface area contributed by atoms with E-state index < -0.39 is 12.6 Å². The van der Waals surface area contributed by atoms with Crippen LogP contribution in [0.4, 0.5) is 13.2 Å². The summed E-state index contributed by atoms with van der Waals surface area (Å²) in [6, 6.07) is 7.56. The van der Waals surface area contributed by atoms with Crippen LogP contribution in [0.5, 0.6) is 5.75 Å². The number of aliphatic imine (C=N–C) groups is 1. The molecule has 1 aromatic carbocycles. The lowest BCUT2D eigenvalue weighted by Gasteiger charge is -2.16. The summed E-state index contributed by atoms with van der Waals surface area (Å²) in [5.41, 5.74) is 0.923. The molecular weight excluding hydrogens is 307 g/mol. The van der Waals surface area contributed by atoms with E-state index in [9.17, 15) is 13.2 Å². The molecule has 7 heteroatoms. The van der Waals surface area contributed by atoms with Gasteiger partial charge in [0, 0.05) is 25.7 Å². The highest BCUT2D eigenvalue weighted by atomic mass is 19.4. The first-order chi connectivity index (χ1) is 10.8. The summed E-state index contributed by atoms with van der Waals surface area (Å²) in [6.45, 7) is 4.94. The van der Waals surface area contributed by atoms with E-state index in [2.05, 4.69) is 29.5 Å². The fourth-order valence-corrected chi connectivity index (χ4v) is 1.77. The average molecular weight is 331 g/mol. The Bertz CT molecular complexity index is 502. The molecule has 23 heavy (non-hydrogen) atoms. The molecule has 130 valence electrons. The van der Waals surface area contributed by atoms with E-state index >= 15 is 0 Å². The van der Waals surface area contributed by atoms with Crippen LogP contribution in [0.15, 0.2) is 29.3 Å². The second-order valence-electron chi connectivity index (χ2n) is 5.53. The summed E-state index contributed by atoms with van der Waals surface area (Å²) >= 11 is 0. The molecule has 0 heterocycles. The van der Waals surface area contributed by atoms with Crippen molar-refractivity contribution in [1.82, 2.24) is 10.6 Å². The van der Waals surface area contributed by atoms with Gasteiger partial charge in [-0.25, -0.2) is 0 Å². The lowest BCUT2D eigenvalue weighted by atomic mass is 10.2. The van der Waals surface area contributed by atoms with Crippen molar-refractivity contribution in [2.75, 3.05) is 20.2 Å². The maximum absolute atomic E-state index is 12.1. The highest BCUT2D eigenvalue weighted by Crippen LogP contribution is 2.19. The van der Waals surface area contributed by atoms with Crippen LogP contribution in [0.25, 0.3) is 0 Å². The quantitative estimate of drug-likeness (QED) is 0.595. The van der Waals surface area contributed by atoms with Gasteiger partial charge >= 0.3 is 6.18 Å². The predicted molar refractivity (Wildman–Crippen MR) is 85.6 cm³/mol. The zero-order chi connectivity index (χ0) is 17.3. The van der Waals surface area contributed by atoms with Crippen molar-refractivity contribution < 1.29 is 17.9 Å². The number of benzene rings is 1. The van der Waals surface area contributed by atoms with Gasteiger partial charge in [-0.2, -0.15) is 13.2 Å². The van der Waals surface area contributed by atoms with Crippen molar-refractivity contribution in [1.29, 1.82) is 0 Å². The second-order valence-corrected chi connectivity index (χ2v) is 5.53. The maximum Gasteiger partial charge on any atom is 0.390 e. The Morgan fingerprint density at radius 2 is 1.91 bits per heavy atom. The number of hydrogen-bond donors (Lipinski definition) is 2. The molecule has 1 aromatic rings. The zero-order valence-corrected chi connectivity index (χ0v) is 13.7. The van der Waals surface area contributed by atoms with Crippen LogP contribution in [0, 0.1) is 5.92 Å². The van der Waals surface area contributed by atoms with Gasteiger partial charge in [-0.05, 0) is 12.0 Å². The number of rotatable bonds is 7. The number of para-hydroxylation sites is 1. The SMILES string of the molecule is CN=C(NCCC(F)(F)F)NCc1ccccc1OCC(C)C. The highest BCUT2D eigenvalue weighted by Gasteiger charge is 2.26. The Labute approximate surface area is 135 Å². The first kappa shape index (κ1) is 19.1. The number of ether oxygens (including phenoxy) is 1. The normalized spacial score (nSPS) is 12.4. The van der Waals surface area contributed by atoms with E-state index in [1.165, 1.54) is 7.05 Å². The van der Waals surface area contributed by atoms with Gasteiger partial charge in [0.25, 0.3) is 0 Å². The molecule has 0 aliphatic carbocycles. The lowest BCUT2D eigenvalue weighted by Crippen LogP contribution is -2.38. The molecule has 0 radical (unpaired) electrons. The average Bonchev–Trinajstić information content (AvgIpc) is 2.48. The number of alkyl halides is 3. The third kappa shape index (κ3) is 8.32. The third-order valence-electron chi connectivity index (χ3n) is 2.92. The summed E-state index contributed by atoms with van der Waals surface area (Å²) < 4.78 is 42.2. The highest BCUT2D eigenvalue weighted by molar-refractivity contribution is 5.79. The summed E-state index contributed by atoms with van der Waals surface area (Å²) in [4.78, 5) is 3.91. The van der Waals surface area contributed by atoms with Crippen molar-refractivity contribution in [2.45, 2.75) is 33.0 Å². The fraction of sp³-hybridized carbons (Fsp3) is 0.562. The largest absolute Gasteiger partial charge is 0.493 e. The minimum absolute atomic E-state index is 0.214. The van der Waals surface area contributed by atoms with Gasteiger partial charge < -0.3 is 15.4 Å². The molecule has 0 aliphatic rings. The molecule has 0 spiro atoms. The molecule has 0 unspecified atom stereocenters. The molecule has 1 rings (SSSR count). The number of hydrogen-bond acceptors (Lipinski definition) is 2. The molecular formula is C16H24F3N3O. The Kier molecular flexibility index (Phi) is 7.71. The van der Waals surface area contributed by atoms with Crippen molar-refractivity contribution >= 4 is 5.96 Å². The van der Waals surface area contributed by atoms with Crippen LogP contribution >= 0.6 is 0 Å². The van der Waals surface area contributed by atoms with Crippen LogP contribution in [0.2, 0.25) is 0 Å². The monoisotopic (exact) mass is 331 g/mol. The molecule has 0 atom stereocenters. The number of guanidine groups is 1. The molecule has 0 fully saturated rings. The van der Waals surface area contributed by atoms with Crippen LogP contribution in [-0.2, 0) is 6.54 Å². The summed E-state index contributed by atoms with van der Waals surface area (Å²) in [5.74, 6) is 1.50. The van der Waals surface area contributed by atoms with E-state index in [-0.39, 0.29) is 6.54 Å². The Hall–Kier alpha value is -1.92. The van der Waals surface area contributed by atoms with Gasteiger partial charge in [0.15, 0.2) is 5.96 Å². The van der Waals surface area contributed by atoms with Crippen molar-refractivity contribution in [3.05, 3.63) is 29.8 Å². The van der Waals surface area contributed by atoms with Crippen molar-refractivity contribution in [3.8, 4) is 5.75 Å². The van der Waals surface area contributed by atoms with E-state index in [0.717, 1.165) is 11.3 Å². The minimum atomic E-state index is -4.18. The number of nitrogens with one attached hydrogen (secondary N) is 2. The standard InChI is InChI=1S/C16H24F3N3O/c1-12(2)11-23-14-7-5-4-6-13(14)10-22-15(20-3)21-9-8-16(17,18)19/h4-7,12H,8-11H2,1-3H3,(H2,20,21,22). The third-order valence-corrected chi connectivity index (χ3v) is 2.92. The molecule has 0 saturated heterocycles. The van der Waals surface area contributed by atoms with Gasteiger partial charge in [0.2, 0.25) is 0 Å². The molecule has 0 amide bonds. The van der Waals surface area contributed by atoms with Crippen molar-refractivity contribution in [3.63, 3.8) is 0 Å². The molecule has 0 aliphatic heterocycles. The number of halogens is 3. The van der Waals surface area contributed by atoms with Gasteiger partial charge in [-0.3, -0.25) is 4.99 Å². The molecule has 0 saturated carbocycles. The first-order valence-corrected chi connectivity index (χ1v) is 7.54. The van der Waals surface area contributed by atoms with Crippen LogP contribution < -0.4 is 15.4 Å². The van der Waals surface area contributed by atoms with Crippen LogP contribution in [0.3, 0.4) is 0 Å². The molecule has 0 aromatic heterocycles. The molecule has 2 N–H and O–H groups in total. The van der Waals surface area contributed by atoms with Crippen LogP contribution in [-0.4, -0.2) is 32.3 Å². The first-order valence-electron chi connectivity index (χ1n) is 7.54. The van der Waals surface area contributed by atoms with Crippen LogP contribution in [0.1, 0.15) is 25.8 Å². The van der Waals surface area contributed by atoms with Gasteiger partial charge in [0.1, 0.15) is 5.75 Å². The van der Waals surface area contributed by atoms with E-state index in [1.54, 1.807) is 0 Å². The lowest BCUT2D eigenvalue weighted by molar-refractivity contribution is -0.132. The minimum Gasteiger partial charge on any atom is -0.493 e. The fourth-order valence-electron chi connectivity index (χ4n) is 1.77. The van der Waals surface area contributed by atoms with E-state index in [0.29, 0.717) is 25.0 Å². The van der Waals surface area contributed by atoms with Crippen molar-refractivity contribution in [2.24, 2.45) is 10.9 Å². The number of nitrogens with zero attached hydrogens (tertiary/aromatic N) is 1. The summed E-state index contributed by atoms with van der Waals surface area (Å²) in [6.07, 6.45) is -5.08. The predicted octanol–water partition coefficient (Wildman–Crippen LogP) is 3.34. The second kappa shape index (κ2) is 9.27. The van der Waals surface area contributed by atoms with Gasteiger partial charge in [0.05, 0.1) is 13.0 Å². The van der Waals surface area contributed by atoms with Gasteiger partial charge in [-0.15, -0.1) is 0 Å². The molecule has 4 nitrogen and oxygen atoms in total. The van der Waals surface area contributed by atoms with E-state index in [4.69, 9.17) is 4.74 Å². The Morgan fingerprint density at radius 1 is 1.22 bits per heavy atom. The maximum atomic E-state index is 12.1. The topological polar surface area (TPSA) is 45.7 Å². The Balaban J connectivity index is 2.52. The van der Waals surface area contributed by atoms with Gasteiger partial charge in [-0.1, -0.05) is 32.0 Å². The molecule has 0 bridgehead atoms. The summed E-state index contributed by atoms with van der Waals surface area (Å²) in [7, 11) is 1.52.